The van der Waals surface area contributed by atoms with Crippen molar-refractivity contribution in [3.8, 4) is 0 Å². The third-order valence-corrected chi connectivity index (χ3v) is 3.28. The van der Waals surface area contributed by atoms with Gasteiger partial charge in [-0.25, -0.2) is 4.98 Å². The molecule has 6 heteroatoms. The van der Waals surface area contributed by atoms with Gasteiger partial charge in [0.15, 0.2) is 0 Å². The topological polar surface area (TPSA) is 59.9 Å². The SMILES string of the molecule is COCCc1nsc(NCc2ccncc2C)n1. The van der Waals surface area contributed by atoms with E-state index in [1.54, 1.807) is 13.3 Å². The molecule has 0 aromatic carbocycles. The monoisotopic (exact) mass is 264 g/mol. The summed E-state index contributed by atoms with van der Waals surface area (Å²) in [5.74, 6) is 0.829. The molecule has 0 aliphatic heterocycles. The van der Waals surface area contributed by atoms with Crippen molar-refractivity contribution >= 4 is 16.7 Å². The molecule has 0 bridgehead atoms. The Hall–Kier alpha value is -1.53. The summed E-state index contributed by atoms with van der Waals surface area (Å²) in [4.78, 5) is 8.46. The summed E-state index contributed by atoms with van der Waals surface area (Å²) >= 11 is 1.38. The maximum absolute atomic E-state index is 5.00. The van der Waals surface area contributed by atoms with E-state index < -0.39 is 0 Å². The largest absolute Gasteiger partial charge is 0.384 e. The minimum atomic E-state index is 0.652. The molecule has 0 aliphatic carbocycles. The third-order valence-electron chi connectivity index (χ3n) is 2.56. The van der Waals surface area contributed by atoms with Crippen LogP contribution in [0.4, 0.5) is 5.13 Å². The number of methoxy groups -OCH3 is 1. The normalized spacial score (nSPS) is 10.6. The van der Waals surface area contributed by atoms with Gasteiger partial charge in [-0.15, -0.1) is 0 Å². The lowest BCUT2D eigenvalue weighted by Gasteiger charge is -2.04. The number of ether oxygens (including phenoxy) is 1. The number of anilines is 1. The molecule has 0 saturated carbocycles. The Kier molecular flexibility index (Phi) is 4.60. The van der Waals surface area contributed by atoms with E-state index in [-0.39, 0.29) is 0 Å². The molecule has 0 radical (unpaired) electrons. The first-order chi connectivity index (χ1) is 8.79. The highest BCUT2D eigenvalue weighted by Gasteiger charge is 2.04. The number of nitrogens with zero attached hydrogens (tertiary/aromatic N) is 3. The maximum atomic E-state index is 5.00. The smallest absolute Gasteiger partial charge is 0.202 e. The molecular formula is C12H16N4OS. The van der Waals surface area contributed by atoms with Crippen molar-refractivity contribution in [1.29, 1.82) is 0 Å². The van der Waals surface area contributed by atoms with Crippen LogP contribution in [0.25, 0.3) is 0 Å². The van der Waals surface area contributed by atoms with E-state index in [1.807, 2.05) is 19.2 Å². The lowest BCUT2D eigenvalue weighted by Crippen LogP contribution is -2.02. The Balaban J connectivity index is 1.90. The van der Waals surface area contributed by atoms with E-state index in [0.717, 1.165) is 23.9 Å². The molecule has 0 spiro atoms. The molecule has 0 fully saturated rings. The molecule has 0 atom stereocenters. The van der Waals surface area contributed by atoms with Gasteiger partial charge in [-0.05, 0) is 24.1 Å². The number of hydrogen-bond donors (Lipinski definition) is 1. The molecule has 0 saturated heterocycles. The van der Waals surface area contributed by atoms with Crippen LogP contribution in [0.1, 0.15) is 17.0 Å². The van der Waals surface area contributed by atoms with E-state index in [0.29, 0.717) is 6.61 Å². The number of rotatable bonds is 6. The Morgan fingerprint density at radius 2 is 2.33 bits per heavy atom. The van der Waals surface area contributed by atoms with Crippen LogP contribution in [-0.4, -0.2) is 28.1 Å². The van der Waals surface area contributed by atoms with Gasteiger partial charge < -0.3 is 10.1 Å². The average Bonchev–Trinajstić information content (AvgIpc) is 2.83. The number of aromatic nitrogens is 3. The van der Waals surface area contributed by atoms with E-state index in [4.69, 9.17) is 4.74 Å². The molecule has 1 N–H and O–H groups in total. The zero-order valence-electron chi connectivity index (χ0n) is 10.5. The fourth-order valence-corrected chi connectivity index (χ4v) is 2.10. The molecule has 0 unspecified atom stereocenters. The maximum Gasteiger partial charge on any atom is 0.202 e. The number of nitrogens with one attached hydrogen (secondary N) is 1. The van der Waals surface area contributed by atoms with E-state index in [2.05, 4.69) is 19.7 Å². The first kappa shape index (κ1) is 12.9. The van der Waals surface area contributed by atoms with Crippen molar-refractivity contribution in [2.45, 2.75) is 19.9 Å². The van der Waals surface area contributed by atoms with Crippen LogP contribution in [0.15, 0.2) is 18.5 Å². The van der Waals surface area contributed by atoms with E-state index >= 15 is 0 Å². The fraction of sp³-hybridized carbons (Fsp3) is 0.417. The van der Waals surface area contributed by atoms with Crippen molar-refractivity contribution in [2.24, 2.45) is 0 Å². The summed E-state index contributed by atoms with van der Waals surface area (Å²) in [7, 11) is 1.68. The molecule has 96 valence electrons. The van der Waals surface area contributed by atoms with Crippen molar-refractivity contribution in [1.82, 2.24) is 14.3 Å². The number of pyridine rings is 1. The quantitative estimate of drug-likeness (QED) is 0.865. The van der Waals surface area contributed by atoms with Crippen LogP contribution in [0.3, 0.4) is 0 Å². The van der Waals surface area contributed by atoms with E-state index in [1.165, 1.54) is 22.7 Å². The molecule has 2 rings (SSSR count). The van der Waals surface area contributed by atoms with Gasteiger partial charge in [-0.2, -0.15) is 4.37 Å². The summed E-state index contributed by atoms with van der Waals surface area (Å²) in [5, 5.41) is 4.12. The van der Waals surface area contributed by atoms with Crippen molar-refractivity contribution in [3.05, 3.63) is 35.4 Å². The number of hydrogen-bond acceptors (Lipinski definition) is 6. The van der Waals surface area contributed by atoms with Gasteiger partial charge in [-0.3, -0.25) is 4.98 Å². The first-order valence-electron chi connectivity index (χ1n) is 5.74. The summed E-state index contributed by atoms with van der Waals surface area (Å²) in [6.07, 6.45) is 4.41. The molecular weight excluding hydrogens is 248 g/mol. The van der Waals surface area contributed by atoms with Gasteiger partial charge >= 0.3 is 0 Å². The minimum Gasteiger partial charge on any atom is -0.384 e. The minimum absolute atomic E-state index is 0.652. The molecule has 2 aromatic rings. The molecule has 5 nitrogen and oxygen atoms in total. The second kappa shape index (κ2) is 6.42. The number of aryl methyl sites for hydroxylation is 1. The summed E-state index contributed by atoms with van der Waals surface area (Å²) in [6, 6.07) is 2.01. The highest BCUT2D eigenvalue weighted by Crippen LogP contribution is 2.14. The Bertz CT molecular complexity index is 500. The summed E-state index contributed by atoms with van der Waals surface area (Å²) in [5.41, 5.74) is 2.40. The van der Waals surface area contributed by atoms with Crippen molar-refractivity contribution in [2.75, 3.05) is 19.0 Å². The van der Waals surface area contributed by atoms with Crippen molar-refractivity contribution in [3.63, 3.8) is 0 Å². The zero-order valence-corrected chi connectivity index (χ0v) is 11.3. The molecule has 0 amide bonds. The van der Waals surface area contributed by atoms with Gasteiger partial charge in [0.2, 0.25) is 5.13 Å². The Morgan fingerprint density at radius 1 is 1.44 bits per heavy atom. The Labute approximate surface area is 110 Å². The van der Waals surface area contributed by atoms with Gasteiger partial charge in [0.05, 0.1) is 6.61 Å². The van der Waals surface area contributed by atoms with Crippen LogP contribution >= 0.6 is 11.5 Å². The van der Waals surface area contributed by atoms with Crippen LogP contribution in [0, 0.1) is 6.92 Å². The lowest BCUT2D eigenvalue weighted by molar-refractivity contribution is 0.201. The average molecular weight is 264 g/mol. The second-order valence-electron chi connectivity index (χ2n) is 3.91. The van der Waals surface area contributed by atoms with Gasteiger partial charge in [0.1, 0.15) is 5.82 Å². The van der Waals surface area contributed by atoms with Gasteiger partial charge in [-0.1, -0.05) is 0 Å². The van der Waals surface area contributed by atoms with Crippen LogP contribution in [-0.2, 0) is 17.7 Å². The van der Waals surface area contributed by atoms with Crippen LogP contribution in [0.5, 0.6) is 0 Å². The van der Waals surface area contributed by atoms with Gasteiger partial charge in [0.25, 0.3) is 0 Å². The van der Waals surface area contributed by atoms with Crippen LogP contribution in [0.2, 0.25) is 0 Å². The Morgan fingerprint density at radius 3 is 3.11 bits per heavy atom. The lowest BCUT2D eigenvalue weighted by atomic mass is 10.2. The highest BCUT2D eigenvalue weighted by atomic mass is 32.1. The van der Waals surface area contributed by atoms with E-state index in [9.17, 15) is 0 Å². The first-order valence-corrected chi connectivity index (χ1v) is 6.52. The second-order valence-corrected chi connectivity index (χ2v) is 4.67. The molecule has 18 heavy (non-hydrogen) atoms. The van der Waals surface area contributed by atoms with Crippen LogP contribution < -0.4 is 5.32 Å². The standard InChI is InChI=1S/C12H16N4OS/c1-9-7-13-5-3-10(9)8-14-12-15-11(16-18-12)4-6-17-2/h3,5,7H,4,6,8H2,1-2H3,(H,14,15,16). The fourth-order valence-electron chi connectivity index (χ4n) is 1.49. The van der Waals surface area contributed by atoms with Gasteiger partial charge in [0, 0.05) is 44.0 Å². The molecule has 0 aliphatic rings. The summed E-state index contributed by atoms with van der Waals surface area (Å²) < 4.78 is 9.26. The highest BCUT2D eigenvalue weighted by molar-refractivity contribution is 7.09. The predicted octanol–water partition coefficient (Wildman–Crippen LogP) is 2.04. The third kappa shape index (κ3) is 3.48. The summed E-state index contributed by atoms with van der Waals surface area (Å²) in [6.45, 7) is 3.45. The van der Waals surface area contributed by atoms with Crippen molar-refractivity contribution < 1.29 is 4.74 Å². The molecule has 2 aromatic heterocycles. The predicted molar refractivity (Wildman–Crippen MR) is 71.8 cm³/mol. The molecule has 2 heterocycles. The zero-order chi connectivity index (χ0) is 12.8.